The van der Waals surface area contributed by atoms with Gasteiger partial charge in [-0.2, -0.15) is 0 Å². The van der Waals surface area contributed by atoms with Gasteiger partial charge >= 0.3 is 14.2 Å². The number of hydrogen-bond acceptors (Lipinski definition) is 4. The number of pyridine rings is 4. The minimum atomic E-state index is -1.53. The van der Waals surface area contributed by atoms with Crippen molar-refractivity contribution < 1.29 is 38.4 Å². The summed E-state index contributed by atoms with van der Waals surface area (Å²) in [6, 6.07) is 31.7. The summed E-state index contributed by atoms with van der Waals surface area (Å²) in [6.07, 6.45) is 16.1. The van der Waals surface area contributed by atoms with Gasteiger partial charge in [0.05, 0.1) is 0 Å². The normalized spacial score (nSPS) is 11.0. The lowest BCUT2D eigenvalue weighted by Crippen LogP contribution is -2.37. The molecule has 4 N–H and O–H groups in total. The van der Waals surface area contributed by atoms with Gasteiger partial charge in [-0.15, -0.1) is 0 Å². The smallest absolute Gasteiger partial charge is 0.423 e. The lowest BCUT2D eigenvalue weighted by atomic mass is 9.78. The van der Waals surface area contributed by atoms with Gasteiger partial charge in [0.25, 0.3) is 0 Å². The molecule has 0 aliphatic heterocycles. The van der Waals surface area contributed by atoms with Crippen molar-refractivity contribution in [2.45, 2.75) is 26.2 Å². The Bertz CT molecular complexity index is 1750. The van der Waals surface area contributed by atoms with Gasteiger partial charge in [-0.3, -0.25) is 0 Å². The first-order valence-electron chi connectivity index (χ1n) is 15.2. The first-order chi connectivity index (χ1) is 22.4. The van der Waals surface area contributed by atoms with Crippen LogP contribution in [0.5, 0.6) is 0 Å². The second-order valence-corrected chi connectivity index (χ2v) is 11.5. The third-order valence-corrected chi connectivity index (χ3v) is 7.88. The van der Waals surface area contributed by atoms with Crippen molar-refractivity contribution in [2.75, 3.05) is 0 Å². The Morgan fingerprint density at radius 1 is 0.370 bits per heavy atom. The Kier molecular flexibility index (Phi) is 9.71. The van der Waals surface area contributed by atoms with Crippen LogP contribution >= 0.6 is 0 Å². The molecule has 0 aliphatic carbocycles. The Morgan fingerprint density at radius 3 is 0.935 bits per heavy atom. The van der Waals surface area contributed by atoms with Crippen LogP contribution in [0.2, 0.25) is 0 Å². The third-order valence-electron chi connectivity index (χ3n) is 7.88. The highest BCUT2D eigenvalue weighted by Crippen LogP contribution is 2.16. The number of aromatic nitrogens is 4. The average Bonchev–Trinajstić information content (AvgIpc) is 3.06. The van der Waals surface area contributed by atoms with E-state index in [0.29, 0.717) is 37.1 Å². The van der Waals surface area contributed by atoms with Crippen LogP contribution in [0.1, 0.15) is 22.3 Å². The van der Waals surface area contributed by atoms with Crippen LogP contribution < -0.4 is 29.2 Å². The van der Waals surface area contributed by atoms with Crippen LogP contribution in [0, 0.1) is 0 Å². The Labute approximate surface area is 269 Å². The van der Waals surface area contributed by atoms with Crippen LogP contribution in [-0.2, 0) is 26.2 Å². The summed E-state index contributed by atoms with van der Waals surface area (Å²) >= 11 is 0. The number of benzene rings is 2. The topological polar surface area (TPSA) is 96.4 Å². The van der Waals surface area contributed by atoms with Gasteiger partial charge in [0.2, 0.25) is 0 Å². The van der Waals surface area contributed by atoms with Crippen molar-refractivity contribution in [1.29, 1.82) is 0 Å². The summed E-state index contributed by atoms with van der Waals surface area (Å²) in [5, 5.41) is 39.6. The molecule has 2 aromatic carbocycles. The van der Waals surface area contributed by atoms with E-state index in [0.717, 1.165) is 33.4 Å². The lowest BCUT2D eigenvalue weighted by molar-refractivity contribution is -0.689. The maximum atomic E-state index is 9.89. The zero-order valence-corrected chi connectivity index (χ0v) is 25.4. The zero-order chi connectivity index (χ0) is 31.9. The molecule has 8 nitrogen and oxygen atoms in total. The lowest BCUT2D eigenvalue weighted by Gasteiger charge is -2.08. The molecule has 0 aliphatic rings. The predicted molar refractivity (Wildman–Crippen MR) is 174 cm³/mol. The molecular weight excluding hydrogens is 574 g/mol. The summed E-state index contributed by atoms with van der Waals surface area (Å²) in [5.74, 6) is 0. The largest absolute Gasteiger partial charge is 0.488 e. The van der Waals surface area contributed by atoms with E-state index in [2.05, 4.69) is 54.7 Å². The monoisotopic (exact) mass is 610 g/mol. The Balaban J connectivity index is 1.14. The molecule has 0 unspecified atom stereocenters. The third kappa shape index (κ3) is 8.18. The van der Waals surface area contributed by atoms with Crippen molar-refractivity contribution >= 4 is 25.2 Å². The number of rotatable bonds is 11. The maximum Gasteiger partial charge on any atom is 0.488 e. The van der Waals surface area contributed by atoms with Crippen molar-refractivity contribution in [3.63, 3.8) is 0 Å². The molecule has 0 saturated carbocycles. The Hall–Kier alpha value is -4.99. The molecule has 0 bridgehead atoms. The highest BCUT2D eigenvalue weighted by molar-refractivity contribution is 6.59. The SMILES string of the molecule is OB(O)c1cc(C[n+]2ccccc2)cc(C[n+]2ccc(-c3cc[n+](Cc4cc(C[n+]5ccccc5)cc(B(O)O)c4)cc3)cc2)c1. The van der Waals surface area contributed by atoms with Crippen molar-refractivity contribution in [3.05, 3.63) is 169 Å². The highest BCUT2D eigenvalue weighted by atomic mass is 16.4. The van der Waals surface area contributed by atoms with Gasteiger partial charge < -0.3 is 20.1 Å². The molecule has 46 heavy (non-hydrogen) atoms. The van der Waals surface area contributed by atoms with Gasteiger partial charge in [0.15, 0.2) is 75.8 Å². The standard InChI is InChI=1S/C36H36B2N4O4/c43-37(44)35-21-29(25-39-11-3-1-4-12-39)19-31(23-35)27-41-15-7-33(8-16-41)34-9-17-42(18-10-34)28-32-20-30(22-36(24-32)38(45)46)26-40-13-5-2-6-14-40/h1-24,43-46H,25-28H2/q+4. The van der Waals surface area contributed by atoms with Crippen molar-refractivity contribution in [2.24, 2.45) is 0 Å². The van der Waals surface area contributed by atoms with Crippen LogP contribution in [0.25, 0.3) is 11.1 Å². The summed E-state index contributed by atoms with van der Waals surface area (Å²) in [7, 11) is -3.07. The predicted octanol–water partition coefficient (Wildman–Crippen LogP) is 0.0564. The fourth-order valence-electron chi connectivity index (χ4n) is 5.68. The van der Waals surface area contributed by atoms with Gasteiger partial charge in [-0.05, 0) is 34.2 Å². The molecule has 226 valence electrons. The molecule has 0 fully saturated rings. The van der Waals surface area contributed by atoms with Crippen LogP contribution in [-0.4, -0.2) is 34.3 Å². The summed E-state index contributed by atoms with van der Waals surface area (Å²) < 4.78 is 8.25. The second kappa shape index (κ2) is 14.4. The Morgan fingerprint density at radius 2 is 0.652 bits per heavy atom. The minimum Gasteiger partial charge on any atom is -0.423 e. The molecule has 4 heterocycles. The first kappa shape index (κ1) is 31.0. The fourth-order valence-corrected chi connectivity index (χ4v) is 5.68. The minimum absolute atomic E-state index is 0.476. The molecule has 0 radical (unpaired) electrons. The van der Waals surface area contributed by atoms with E-state index in [1.807, 2.05) is 110 Å². The molecule has 0 spiro atoms. The van der Waals surface area contributed by atoms with Gasteiger partial charge in [-0.25, -0.2) is 18.3 Å². The summed E-state index contributed by atoms with van der Waals surface area (Å²) in [4.78, 5) is 0. The molecule has 6 rings (SSSR count). The van der Waals surface area contributed by atoms with E-state index in [1.165, 1.54) is 0 Å². The fraction of sp³-hybridized carbons (Fsp3) is 0.111. The molecule has 6 aromatic rings. The van der Waals surface area contributed by atoms with E-state index in [4.69, 9.17) is 0 Å². The van der Waals surface area contributed by atoms with Crippen LogP contribution in [0.3, 0.4) is 0 Å². The maximum absolute atomic E-state index is 9.89. The van der Waals surface area contributed by atoms with E-state index in [9.17, 15) is 20.1 Å². The molecular formula is C36H36B2N4O4+4. The number of hydrogen-bond donors (Lipinski definition) is 4. The van der Waals surface area contributed by atoms with E-state index >= 15 is 0 Å². The van der Waals surface area contributed by atoms with E-state index in [-0.39, 0.29) is 0 Å². The summed E-state index contributed by atoms with van der Waals surface area (Å²) in [5.41, 5.74) is 7.08. The van der Waals surface area contributed by atoms with E-state index in [1.54, 1.807) is 0 Å². The molecule has 0 amide bonds. The van der Waals surface area contributed by atoms with E-state index < -0.39 is 14.2 Å². The van der Waals surface area contributed by atoms with Crippen molar-refractivity contribution in [3.8, 4) is 11.1 Å². The average molecular weight is 610 g/mol. The molecule has 0 saturated heterocycles. The zero-order valence-electron chi connectivity index (χ0n) is 25.4. The molecule has 10 heteroatoms. The number of nitrogens with zero attached hydrogens (tertiary/aromatic N) is 4. The highest BCUT2D eigenvalue weighted by Gasteiger charge is 2.18. The molecule has 0 atom stereocenters. The van der Waals surface area contributed by atoms with Crippen LogP contribution in [0.4, 0.5) is 0 Å². The van der Waals surface area contributed by atoms with Gasteiger partial charge in [0.1, 0.15) is 0 Å². The molecule has 4 aromatic heterocycles. The quantitative estimate of drug-likeness (QED) is 0.123. The van der Waals surface area contributed by atoms with Gasteiger partial charge in [-0.1, -0.05) is 36.4 Å². The second-order valence-electron chi connectivity index (χ2n) is 11.5. The first-order valence-corrected chi connectivity index (χ1v) is 15.2. The summed E-state index contributed by atoms with van der Waals surface area (Å²) in [6.45, 7) is 2.45. The van der Waals surface area contributed by atoms with Gasteiger partial charge in [0, 0.05) is 70.8 Å². The van der Waals surface area contributed by atoms with Crippen molar-refractivity contribution in [1.82, 2.24) is 0 Å². The van der Waals surface area contributed by atoms with Crippen LogP contribution in [0.15, 0.2) is 147 Å².